The highest BCUT2D eigenvalue weighted by molar-refractivity contribution is 7.89. The molecule has 0 aromatic heterocycles. The predicted molar refractivity (Wildman–Crippen MR) is 97.0 cm³/mol. The molecule has 0 saturated carbocycles. The molecule has 1 aromatic carbocycles. The fourth-order valence-electron chi connectivity index (χ4n) is 3.47. The Morgan fingerprint density at radius 3 is 2.00 bits per heavy atom. The van der Waals surface area contributed by atoms with E-state index in [-0.39, 0.29) is 10.8 Å². The summed E-state index contributed by atoms with van der Waals surface area (Å²) >= 11 is 0. The largest absolute Gasteiger partial charge is 0.336 e. The third kappa shape index (κ3) is 3.88. The van der Waals surface area contributed by atoms with Gasteiger partial charge in [-0.25, -0.2) is 8.42 Å². The van der Waals surface area contributed by atoms with Gasteiger partial charge < -0.3 is 4.90 Å². The van der Waals surface area contributed by atoms with E-state index < -0.39 is 10.0 Å². The van der Waals surface area contributed by atoms with Gasteiger partial charge in [0.1, 0.15) is 0 Å². The van der Waals surface area contributed by atoms with Gasteiger partial charge in [0.2, 0.25) is 10.0 Å². The van der Waals surface area contributed by atoms with Crippen molar-refractivity contribution in [3.8, 4) is 0 Å². The summed E-state index contributed by atoms with van der Waals surface area (Å²) in [5.41, 5.74) is 0.554. The van der Waals surface area contributed by atoms with Gasteiger partial charge in [-0.2, -0.15) is 4.31 Å². The van der Waals surface area contributed by atoms with Crippen LogP contribution < -0.4 is 0 Å². The lowest BCUT2D eigenvalue weighted by molar-refractivity contribution is 0.0595. The molecule has 2 aliphatic heterocycles. The first-order chi connectivity index (χ1) is 11.9. The molecule has 2 saturated heterocycles. The fraction of sp³-hybridized carbons (Fsp3) is 0.611. The highest BCUT2D eigenvalue weighted by Gasteiger charge is 2.28. The van der Waals surface area contributed by atoms with E-state index in [9.17, 15) is 13.2 Å². The number of carbonyl (C=O) groups excluding carboxylic acids is 1. The summed E-state index contributed by atoms with van der Waals surface area (Å²) in [6.07, 6.45) is 1.83. The smallest absolute Gasteiger partial charge is 0.253 e. The van der Waals surface area contributed by atoms with Crippen LogP contribution >= 0.6 is 0 Å². The van der Waals surface area contributed by atoms with E-state index in [0.29, 0.717) is 37.8 Å². The Kier molecular flexibility index (Phi) is 5.46. The molecule has 0 radical (unpaired) electrons. The highest BCUT2D eigenvalue weighted by Crippen LogP contribution is 2.21. The molecule has 1 amide bonds. The Bertz CT molecular complexity index is 702. The number of carbonyl (C=O) groups is 1. The van der Waals surface area contributed by atoms with Crippen molar-refractivity contribution in [1.82, 2.24) is 14.1 Å². The Morgan fingerprint density at radius 2 is 1.48 bits per heavy atom. The fourth-order valence-corrected chi connectivity index (χ4v) is 4.99. The second kappa shape index (κ2) is 7.43. The first kappa shape index (κ1) is 18.4. The minimum absolute atomic E-state index is 0.0199. The van der Waals surface area contributed by atoms with Gasteiger partial charge in [-0.1, -0.05) is 0 Å². The topological polar surface area (TPSA) is 60.9 Å². The monoisotopic (exact) mass is 365 g/mol. The van der Waals surface area contributed by atoms with Crippen LogP contribution in [-0.2, 0) is 10.0 Å². The van der Waals surface area contributed by atoms with Crippen LogP contribution in [0.5, 0.6) is 0 Å². The van der Waals surface area contributed by atoms with E-state index in [1.165, 1.54) is 4.31 Å². The molecule has 6 nitrogen and oxygen atoms in total. The van der Waals surface area contributed by atoms with Crippen LogP contribution in [0.25, 0.3) is 0 Å². The molecule has 7 heteroatoms. The summed E-state index contributed by atoms with van der Waals surface area (Å²) in [6.45, 7) is 8.69. The SMILES string of the molecule is CC(C)N1CCN(C(=O)c2ccc(S(=O)(=O)N3CCCC3)cc2)CC1. The third-order valence-electron chi connectivity index (χ3n) is 5.14. The summed E-state index contributed by atoms with van der Waals surface area (Å²) in [5.74, 6) is -0.0199. The lowest BCUT2D eigenvalue weighted by atomic mass is 10.1. The second-order valence-electron chi connectivity index (χ2n) is 7.06. The van der Waals surface area contributed by atoms with Crippen molar-refractivity contribution in [3.05, 3.63) is 29.8 Å². The van der Waals surface area contributed by atoms with Gasteiger partial charge in [0, 0.05) is 50.9 Å². The Morgan fingerprint density at radius 1 is 0.920 bits per heavy atom. The first-order valence-corrected chi connectivity index (χ1v) is 10.5. The molecular weight excluding hydrogens is 338 g/mol. The molecule has 0 bridgehead atoms. The summed E-state index contributed by atoms with van der Waals surface area (Å²) in [4.78, 5) is 17.1. The summed E-state index contributed by atoms with van der Waals surface area (Å²) < 4.78 is 26.6. The van der Waals surface area contributed by atoms with Gasteiger partial charge in [-0.05, 0) is 51.0 Å². The minimum atomic E-state index is -3.42. The molecular formula is C18H27N3O3S. The number of rotatable bonds is 4. The maximum Gasteiger partial charge on any atom is 0.253 e. The summed E-state index contributed by atoms with van der Waals surface area (Å²) in [7, 11) is -3.42. The molecule has 2 aliphatic rings. The highest BCUT2D eigenvalue weighted by atomic mass is 32.2. The van der Waals surface area contributed by atoms with E-state index in [2.05, 4.69) is 18.7 Å². The molecule has 25 heavy (non-hydrogen) atoms. The van der Waals surface area contributed by atoms with Crippen LogP contribution in [0.2, 0.25) is 0 Å². The van der Waals surface area contributed by atoms with E-state index in [1.807, 2.05) is 4.90 Å². The minimum Gasteiger partial charge on any atom is -0.336 e. The van der Waals surface area contributed by atoms with Crippen LogP contribution in [-0.4, -0.2) is 73.7 Å². The molecule has 2 fully saturated rings. The van der Waals surface area contributed by atoms with Crippen LogP contribution in [0, 0.1) is 0 Å². The Labute approximate surface area is 150 Å². The van der Waals surface area contributed by atoms with Crippen LogP contribution in [0.1, 0.15) is 37.0 Å². The van der Waals surface area contributed by atoms with Gasteiger partial charge in [0.15, 0.2) is 0 Å². The number of piperazine rings is 1. The lowest BCUT2D eigenvalue weighted by Crippen LogP contribution is -2.50. The third-order valence-corrected chi connectivity index (χ3v) is 7.05. The standard InChI is InChI=1S/C18H27N3O3S/c1-15(2)19-11-13-20(14-12-19)18(22)16-5-7-17(8-6-16)25(23,24)21-9-3-4-10-21/h5-8,15H,3-4,9-14H2,1-2H3. The van der Waals surface area contributed by atoms with Crippen molar-refractivity contribution in [3.63, 3.8) is 0 Å². The molecule has 2 heterocycles. The van der Waals surface area contributed by atoms with Crippen molar-refractivity contribution in [2.24, 2.45) is 0 Å². The second-order valence-corrected chi connectivity index (χ2v) is 9.00. The Hall–Kier alpha value is -1.44. The van der Waals surface area contributed by atoms with Crippen LogP contribution in [0.4, 0.5) is 0 Å². The molecule has 0 atom stereocenters. The van der Waals surface area contributed by atoms with Gasteiger partial charge in [0.25, 0.3) is 5.91 Å². The van der Waals surface area contributed by atoms with Gasteiger partial charge in [-0.15, -0.1) is 0 Å². The van der Waals surface area contributed by atoms with Crippen molar-refractivity contribution in [2.75, 3.05) is 39.3 Å². The molecule has 0 aliphatic carbocycles. The zero-order valence-corrected chi connectivity index (χ0v) is 15.8. The van der Waals surface area contributed by atoms with E-state index in [0.717, 1.165) is 25.9 Å². The predicted octanol–water partition coefficient (Wildman–Crippen LogP) is 1.64. The quantitative estimate of drug-likeness (QED) is 0.814. The van der Waals surface area contributed by atoms with Crippen molar-refractivity contribution >= 4 is 15.9 Å². The van der Waals surface area contributed by atoms with Gasteiger partial charge >= 0.3 is 0 Å². The maximum atomic E-state index is 12.6. The average Bonchev–Trinajstić information content (AvgIpc) is 3.17. The number of hydrogen-bond acceptors (Lipinski definition) is 4. The number of nitrogens with zero attached hydrogens (tertiary/aromatic N) is 3. The van der Waals surface area contributed by atoms with Crippen molar-refractivity contribution in [2.45, 2.75) is 37.6 Å². The van der Waals surface area contributed by atoms with E-state index in [1.54, 1.807) is 24.3 Å². The van der Waals surface area contributed by atoms with E-state index >= 15 is 0 Å². The molecule has 3 rings (SSSR count). The maximum absolute atomic E-state index is 12.6. The molecule has 138 valence electrons. The van der Waals surface area contributed by atoms with Crippen LogP contribution in [0.3, 0.4) is 0 Å². The van der Waals surface area contributed by atoms with Crippen molar-refractivity contribution in [1.29, 1.82) is 0 Å². The summed E-state index contributed by atoms with van der Waals surface area (Å²) in [5, 5.41) is 0. The van der Waals surface area contributed by atoms with Gasteiger partial charge in [-0.3, -0.25) is 9.69 Å². The average molecular weight is 365 g/mol. The molecule has 0 spiro atoms. The number of benzene rings is 1. The molecule has 1 aromatic rings. The first-order valence-electron chi connectivity index (χ1n) is 9.03. The van der Waals surface area contributed by atoms with Crippen molar-refractivity contribution < 1.29 is 13.2 Å². The van der Waals surface area contributed by atoms with Gasteiger partial charge in [0.05, 0.1) is 4.90 Å². The molecule has 0 unspecified atom stereocenters. The summed E-state index contributed by atoms with van der Waals surface area (Å²) in [6, 6.07) is 6.89. The normalized spacial score (nSPS) is 20.4. The number of hydrogen-bond donors (Lipinski definition) is 0. The number of sulfonamides is 1. The number of amides is 1. The van der Waals surface area contributed by atoms with Crippen LogP contribution in [0.15, 0.2) is 29.2 Å². The zero-order valence-electron chi connectivity index (χ0n) is 15.0. The lowest BCUT2D eigenvalue weighted by Gasteiger charge is -2.37. The van der Waals surface area contributed by atoms with E-state index in [4.69, 9.17) is 0 Å². The Balaban J connectivity index is 1.67. The molecule has 0 N–H and O–H groups in total. The zero-order chi connectivity index (χ0) is 18.0.